The number of piperidine rings is 1. The van der Waals surface area contributed by atoms with Crippen LogP contribution in [-0.4, -0.2) is 47.3 Å². The Morgan fingerprint density at radius 2 is 2.05 bits per heavy atom. The predicted octanol–water partition coefficient (Wildman–Crippen LogP) is 3.03. The van der Waals surface area contributed by atoms with E-state index in [1.165, 1.54) is 45.2 Å². The third-order valence-electron chi connectivity index (χ3n) is 5.86. The highest BCUT2D eigenvalue weighted by atomic mass is 16.3. The number of nitrogens with one attached hydrogen (secondary N) is 1. The number of hydrogen-bond donors (Lipinski definition) is 2. The molecule has 2 N–H and O–H groups in total. The number of aliphatic hydroxyl groups excluding tert-OH is 1. The van der Waals surface area contributed by atoms with Gasteiger partial charge in [-0.25, -0.2) is 0 Å². The molecule has 21 heavy (non-hydrogen) atoms. The lowest BCUT2D eigenvalue weighted by Gasteiger charge is -2.40. The molecule has 1 saturated carbocycles. The molecule has 0 aromatic rings. The van der Waals surface area contributed by atoms with Crippen LogP contribution in [0.15, 0.2) is 0 Å². The van der Waals surface area contributed by atoms with Crippen molar-refractivity contribution in [1.29, 1.82) is 0 Å². The van der Waals surface area contributed by atoms with E-state index in [9.17, 15) is 5.11 Å². The highest BCUT2D eigenvalue weighted by molar-refractivity contribution is 5.00. The first-order chi connectivity index (χ1) is 9.97. The molecule has 1 heterocycles. The maximum atomic E-state index is 9.98. The average molecular weight is 296 g/mol. The number of rotatable bonds is 6. The summed E-state index contributed by atoms with van der Waals surface area (Å²) in [6.07, 6.45) is 7.61. The number of aliphatic hydroxyl groups is 1. The van der Waals surface area contributed by atoms with E-state index in [1.54, 1.807) is 0 Å². The zero-order valence-corrected chi connectivity index (χ0v) is 14.6. The topological polar surface area (TPSA) is 35.5 Å². The lowest BCUT2D eigenvalue weighted by Crippen LogP contribution is -2.54. The highest BCUT2D eigenvalue weighted by Gasteiger charge is 2.42. The van der Waals surface area contributed by atoms with Crippen LogP contribution in [0.1, 0.15) is 66.2 Å². The fourth-order valence-electron chi connectivity index (χ4n) is 4.69. The van der Waals surface area contributed by atoms with E-state index in [2.05, 4.69) is 37.9 Å². The zero-order chi connectivity index (χ0) is 15.5. The van der Waals surface area contributed by atoms with Gasteiger partial charge in [-0.2, -0.15) is 0 Å². The summed E-state index contributed by atoms with van der Waals surface area (Å²) in [4.78, 5) is 2.68. The molecule has 3 heteroatoms. The minimum Gasteiger partial charge on any atom is -0.394 e. The van der Waals surface area contributed by atoms with Gasteiger partial charge < -0.3 is 15.3 Å². The van der Waals surface area contributed by atoms with Crippen LogP contribution in [-0.2, 0) is 0 Å². The molecule has 124 valence electrons. The molecule has 1 saturated heterocycles. The molecule has 4 atom stereocenters. The van der Waals surface area contributed by atoms with Gasteiger partial charge in [0.1, 0.15) is 0 Å². The highest BCUT2D eigenvalue weighted by Crippen LogP contribution is 2.38. The van der Waals surface area contributed by atoms with Crippen molar-refractivity contribution in [2.45, 2.75) is 83.8 Å². The predicted molar refractivity (Wildman–Crippen MR) is 89.5 cm³/mol. The summed E-state index contributed by atoms with van der Waals surface area (Å²) in [5, 5.41) is 13.7. The van der Waals surface area contributed by atoms with Crippen LogP contribution in [0.2, 0.25) is 0 Å². The Hall–Kier alpha value is -0.120. The minimum absolute atomic E-state index is 0.0134. The van der Waals surface area contributed by atoms with E-state index in [1.807, 2.05) is 0 Å². The maximum absolute atomic E-state index is 9.98. The normalized spacial score (nSPS) is 38.3. The molecule has 0 bridgehead atoms. The quantitative estimate of drug-likeness (QED) is 0.791. The van der Waals surface area contributed by atoms with Gasteiger partial charge in [0.2, 0.25) is 0 Å². The van der Waals surface area contributed by atoms with Crippen molar-refractivity contribution >= 4 is 0 Å². The molecule has 0 aromatic heterocycles. The number of hydrogen-bond acceptors (Lipinski definition) is 3. The standard InChI is InChI=1S/C18H36N2O/c1-14(2)19-18(13-21)9-5-6-17(18)8-11-20-10-7-15(3)12-16(20)4/h14-17,19,21H,5-13H2,1-4H3. The molecule has 2 aliphatic rings. The molecule has 0 aromatic carbocycles. The molecular formula is C18H36N2O. The maximum Gasteiger partial charge on any atom is 0.0616 e. The van der Waals surface area contributed by atoms with Crippen LogP contribution < -0.4 is 5.32 Å². The first-order valence-electron chi connectivity index (χ1n) is 9.09. The second kappa shape index (κ2) is 7.43. The van der Waals surface area contributed by atoms with Crippen molar-refractivity contribution in [2.75, 3.05) is 19.7 Å². The monoisotopic (exact) mass is 296 g/mol. The molecule has 2 rings (SSSR count). The summed E-state index contributed by atoms with van der Waals surface area (Å²) in [6.45, 7) is 11.9. The summed E-state index contributed by atoms with van der Waals surface area (Å²) >= 11 is 0. The summed E-state index contributed by atoms with van der Waals surface area (Å²) in [6, 6.07) is 1.18. The third kappa shape index (κ3) is 4.20. The van der Waals surface area contributed by atoms with Crippen molar-refractivity contribution in [3.05, 3.63) is 0 Å². The van der Waals surface area contributed by atoms with Gasteiger partial charge in [-0.15, -0.1) is 0 Å². The second-order valence-electron chi connectivity index (χ2n) is 8.01. The lowest BCUT2D eigenvalue weighted by atomic mass is 9.84. The zero-order valence-electron chi connectivity index (χ0n) is 14.6. The van der Waals surface area contributed by atoms with E-state index in [0.29, 0.717) is 18.6 Å². The third-order valence-corrected chi connectivity index (χ3v) is 5.86. The van der Waals surface area contributed by atoms with Crippen molar-refractivity contribution < 1.29 is 5.11 Å². The van der Waals surface area contributed by atoms with Gasteiger partial charge in [0, 0.05) is 17.6 Å². The SMILES string of the molecule is CC1CCN(CCC2CCCC2(CO)NC(C)C)C(C)C1. The van der Waals surface area contributed by atoms with Crippen LogP contribution in [0.25, 0.3) is 0 Å². The fourth-order valence-corrected chi connectivity index (χ4v) is 4.69. The first kappa shape index (κ1) is 17.2. The first-order valence-corrected chi connectivity index (χ1v) is 9.09. The molecule has 2 fully saturated rings. The van der Waals surface area contributed by atoms with Gasteiger partial charge in [0.15, 0.2) is 0 Å². The molecule has 1 aliphatic carbocycles. The molecule has 0 amide bonds. The molecule has 4 unspecified atom stereocenters. The number of likely N-dealkylation sites (tertiary alicyclic amines) is 1. The van der Waals surface area contributed by atoms with E-state index in [4.69, 9.17) is 0 Å². The largest absolute Gasteiger partial charge is 0.394 e. The summed E-state index contributed by atoms with van der Waals surface area (Å²) in [7, 11) is 0. The Morgan fingerprint density at radius 1 is 1.29 bits per heavy atom. The van der Waals surface area contributed by atoms with Gasteiger partial charge >= 0.3 is 0 Å². The van der Waals surface area contributed by atoms with Gasteiger partial charge in [-0.1, -0.05) is 27.2 Å². The molecule has 0 radical (unpaired) electrons. The average Bonchev–Trinajstić information content (AvgIpc) is 2.80. The second-order valence-corrected chi connectivity index (χ2v) is 8.01. The van der Waals surface area contributed by atoms with Crippen LogP contribution in [0, 0.1) is 11.8 Å². The Labute approximate surface area is 131 Å². The summed E-state index contributed by atoms with van der Waals surface area (Å²) < 4.78 is 0. The lowest BCUT2D eigenvalue weighted by molar-refractivity contribution is 0.0841. The van der Waals surface area contributed by atoms with Gasteiger partial charge in [0.25, 0.3) is 0 Å². The van der Waals surface area contributed by atoms with Crippen molar-refractivity contribution in [2.24, 2.45) is 11.8 Å². The molecular weight excluding hydrogens is 260 g/mol. The Morgan fingerprint density at radius 3 is 2.67 bits per heavy atom. The Kier molecular flexibility index (Phi) is 6.10. The van der Waals surface area contributed by atoms with Crippen LogP contribution in [0.5, 0.6) is 0 Å². The fraction of sp³-hybridized carbons (Fsp3) is 1.00. The summed E-state index contributed by atoms with van der Waals surface area (Å²) in [5.41, 5.74) is -0.0134. The Bertz CT molecular complexity index is 320. The molecule has 3 nitrogen and oxygen atoms in total. The number of nitrogens with zero attached hydrogens (tertiary/aromatic N) is 1. The van der Waals surface area contributed by atoms with E-state index >= 15 is 0 Å². The van der Waals surface area contributed by atoms with Crippen molar-refractivity contribution in [3.63, 3.8) is 0 Å². The van der Waals surface area contributed by atoms with E-state index < -0.39 is 0 Å². The van der Waals surface area contributed by atoms with E-state index in [-0.39, 0.29) is 5.54 Å². The van der Waals surface area contributed by atoms with Crippen LogP contribution >= 0.6 is 0 Å². The summed E-state index contributed by atoms with van der Waals surface area (Å²) in [5.74, 6) is 1.53. The van der Waals surface area contributed by atoms with Crippen molar-refractivity contribution in [3.8, 4) is 0 Å². The molecule has 0 spiro atoms. The van der Waals surface area contributed by atoms with Gasteiger partial charge in [-0.05, 0) is 64.0 Å². The van der Waals surface area contributed by atoms with E-state index in [0.717, 1.165) is 18.4 Å². The smallest absolute Gasteiger partial charge is 0.0616 e. The minimum atomic E-state index is -0.0134. The molecule has 1 aliphatic heterocycles. The van der Waals surface area contributed by atoms with Crippen molar-refractivity contribution in [1.82, 2.24) is 10.2 Å². The van der Waals surface area contributed by atoms with Crippen LogP contribution in [0.4, 0.5) is 0 Å². The Balaban J connectivity index is 1.89. The van der Waals surface area contributed by atoms with Crippen LogP contribution in [0.3, 0.4) is 0 Å². The van der Waals surface area contributed by atoms with Gasteiger partial charge in [0.05, 0.1) is 6.61 Å². The van der Waals surface area contributed by atoms with Gasteiger partial charge in [-0.3, -0.25) is 0 Å².